The van der Waals surface area contributed by atoms with E-state index in [-0.39, 0.29) is 41.0 Å². The summed E-state index contributed by atoms with van der Waals surface area (Å²) in [6.07, 6.45) is 1.86. The van der Waals surface area contributed by atoms with Crippen LogP contribution in [0.5, 0.6) is 0 Å². The summed E-state index contributed by atoms with van der Waals surface area (Å²) in [4.78, 5) is 40.2. The lowest BCUT2D eigenvalue weighted by molar-refractivity contribution is -0.135. The molecule has 2 fully saturated rings. The van der Waals surface area contributed by atoms with E-state index < -0.39 is 21.9 Å². The Morgan fingerprint density at radius 1 is 1.12 bits per heavy atom. The average Bonchev–Trinajstić information content (AvgIpc) is 2.94. The molecular formula is C17H23N3O5S. The summed E-state index contributed by atoms with van der Waals surface area (Å²) < 4.78 is 25.8. The molecule has 3 heterocycles. The van der Waals surface area contributed by atoms with Crippen LogP contribution in [0.15, 0.2) is 23.1 Å². The molecule has 0 radical (unpaired) electrons. The Morgan fingerprint density at radius 2 is 1.73 bits per heavy atom. The summed E-state index contributed by atoms with van der Waals surface area (Å²) in [5.74, 6) is -0.733. The van der Waals surface area contributed by atoms with Gasteiger partial charge in [-0.05, 0) is 13.0 Å². The van der Waals surface area contributed by atoms with Gasteiger partial charge in [0.25, 0.3) is 11.5 Å². The number of pyridine rings is 1. The number of aromatic nitrogens is 1. The van der Waals surface area contributed by atoms with E-state index in [0.29, 0.717) is 19.5 Å². The molecule has 142 valence electrons. The number of hydrogen-bond acceptors (Lipinski definition) is 5. The fourth-order valence-electron chi connectivity index (χ4n) is 3.79. The lowest BCUT2D eigenvalue weighted by atomic mass is 10.0. The van der Waals surface area contributed by atoms with Crippen molar-refractivity contribution in [2.24, 2.45) is 0 Å². The molecule has 2 saturated heterocycles. The van der Waals surface area contributed by atoms with Gasteiger partial charge in [-0.1, -0.05) is 6.92 Å². The van der Waals surface area contributed by atoms with Gasteiger partial charge in [0.1, 0.15) is 0 Å². The lowest BCUT2D eigenvalue weighted by Crippen LogP contribution is -2.61. The third kappa shape index (κ3) is 3.27. The number of amides is 2. The Balaban J connectivity index is 1.91. The van der Waals surface area contributed by atoms with Crippen LogP contribution in [0.25, 0.3) is 0 Å². The topological polar surface area (TPSA) is 96.8 Å². The van der Waals surface area contributed by atoms with Crippen molar-refractivity contribution in [2.75, 3.05) is 24.6 Å². The number of carbonyl (C=O) groups excluding carboxylic acids is 2. The number of sulfone groups is 1. The first-order valence-electron chi connectivity index (χ1n) is 8.78. The Labute approximate surface area is 152 Å². The number of rotatable bonds is 3. The standard InChI is InChI=1S/C17H23N3O5S/c1-3-15(21)19-7-8-20(14-11-26(24,25)10-13(14)19)17(23)12-5-6-18(4-2)16(22)9-12/h5-6,9,13-14H,3-4,7-8,10-11H2,1-2H3/t13-,14+/m1/s1. The molecule has 0 bridgehead atoms. The fraction of sp³-hybridized carbons (Fsp3) is 0.588. The van der Waals surface area contributed by atoms with Gasteiger partial charge < -0.3 is 14.4 Å². The number of hydrogen-bond donors (Lipinski definition) is 0. The third-order valence-electron chi connectivity index (χ3n) is 5.14. The number of carbonyl (C=O) groups is 2. The molecule has 0 N–H and O–H groups in total. The molecule has 26 heavy (non-hydrogen) atoms. The summed E-state index contributed by atoms with van der Waals surface area (Å²) in [6.45, 7) is 4.65. The second-order valence-electron chi connectivity index (χ2n) is 6.69. The van der Waals surface area contributed by atoms with E-state index in [4.69, 9.17) is 0 Å². The van der Waals surface area contributed by atoms with E-state index in [0.717, 1.165) is 0 Å². The van der Waals surface area contributed by atoms with Crippen molar-refractivity contribution in [3.63, 3.8) is 0 Å². The number of aryl methyl sites for hydroxylation is 1. The van der Waals surface area contributed by atoms with Crippen molar-refractivity contribution in [1.82, 2.24) is 14.4 Å². The largest absolute Gasteiger partial charge is 0.335 e. The highest BCUT2D eigenvalue weighted by molar-refractivity contribution is 7.91. The maximum atomic E-state index is 12.9. The number of piperazine rings is 1. The molecule has 0 saturated carbocycles. The van der Waals surface area contributed by atoms with Gasteiger partial charge in [-0.3, -0.25) is 14.4 Å². The van der Waals surface area contributed by atoms with Crippen LogP contribution in [0.1, 0.15) is 30.6 Å². The van der Waals surface area contributed by atoms with Gasteiger partial charge in [0.05, 0.1) is 23.6 Å². The number of fused-ring (bicyclic) bond motifs is 1. The third-order valence-corrected chi connectivity index (χ3v) is 6.84. The molecule has 2 aliphatic heterocycles. The lowest BCUT2D eigenvalue weighted by Gasteiger charge is -2.43. The minimum absolute atomic E-state index is 0.102. The molecule has 8 nitrogen and oxygen atoms in total. The van der Waals surface area contributed by atoms with E-state index in [1.807, 2.05) is 6.92 Å². The quantitative estimate of drug-likeness (QED) is 0.718. The van der Waals surface area contributed by atoms with Gasteiger partial charge >= 0.3 is 0 Å². The van der Waals surface area contributed by atoms with Crippen LogP contribution in [0.4, 0.5) is 0 Å². The molecule has 2 amide bonds. The summed E-state index contributed by atoms with van der Waals surface area (Å²) in [7, 11) is -3.32. The zero-order valence-electron chi connectivity index (χ0n) is 14.9. The Hall–Kier alpha value is -2.16. The van der Waals surface area contributed by atoms with Crippen molar-refractivity contribution in [2.45, 2.75) is 38.9 Å². The molecule has 0 spiro atoms. The van der Waals surface area contributed by atoms with Gasteiger partial charge in [-0.2, -0.15) is 0 Å². The van der Waals surface area contributed by atoms with Crippen LogP contribution in [-0.2, 0) is 21.2 Å². The highest BCUT2D eigenvalue weighted by atomic mass is 32.2. The van der Waals surface area contributed by atoms with Crippen LogP contribution in [0, 0.1) is 0 Å². The molecule has 0 aliphatic carbocycles. The average molecular weight is 381 g/mol. The van der Waals surface area contributed by atoms with E-state index in [9.17, 15) is 22.8 Å². The normalized spacial score (nSPS) is 24.4. The Morgan fingerprint density at radius 3 is 2.31 bits per heavy atom. The van der Waals surface area contributed by atoms with Crippen LogP contribution in [0.2, 0.25) is 0 Å². The first-order chi connectivity index (χ1) is 12.3. The Bertz CT molecular complexity index is 892. The predicted molar refractivity (Wildman–Crippen MR) is 95.6 cm³/mol. The molecule has 0 aromatic carbocycles. The summed E-state index contributed by atoms with van der Waals surface area (Å²) in [6, 6.07) is 1.79. The zero-order chi connectivity index (χ0) is 19.1. The van der Waals surface area contributed by atoms with Gasteiger partial charge in [0.15, 0.2) is 9.84 Å². The smallest absolute Gasteiger partial charge is 0.254 e. The molecule has 9 heteroatoms. The number of nitrogens with zero attached hydrogens (tertiary/aromatic N) is 3. The van der Waals surface area contributed by atoms with Crippen molar-refractivity contribution < 1.29 is 18.0 Å². The molecule has 1 aromatic rings. The summed E-state index contributed by atoms with van der Waals surface area (Å²) >= 11 is 0. The van der Waals surface area contributed by atoms with Crippen LogP contribution >= 0.6 is 0 Å². The maximum absolute atomic E-state index is 12.9. The summed E-state index contributed by atoms with van der Waals surface area (Å²) in [5.41, 5.74) is -0.0215. The Kier molecular flexibility index (Phi) is 4.92. The molecule has 0 unspecified atom stereocenters. The minimum atomic E-state index is -3.32. The van der Waals surface area contributed by atoms with Gasteiger partial charge in [-0.15, -0.1) is 0 Å². The zero-order valence-corrected chi connectivity index (χ0v) is 15.7. The van der Waals surface area contributed by atoms with E-state index in [1.54, 1.807) is 24.1 Å². The second kappa shape index (κ2) is 6.86. The van der Waals surface area contributed by atoms with Gasteiger partial charge in [0, 0.05) is 43.9 Å². The molecule has 2 aliphatic rings. The van der Waals surface area contributed by atoms with Crippen LogP contribution in [0.3, 0.4) is 0 Å². The maximum Gasteiger partial charge on any atom is 0.254 e. The van der Waals surface area contributed by atoms with Crippen molar-refractivity contribution in [3.8, 4) is 0 Å². The molecular weight excluding hydrogens is 358 g/mol. The van der Waals surface area contributed by atoms with Gasteiger partial charge in [0.2, 0.25) is 5.91 Å². The predicted octanol–water partition coefficient (Wildman–Crippen LogP) is -0.272. The molecule has 3 rings (SSSR count). The van der Waals surface area contributed by atoms with E-state index >= 15 is 0 Å². The highest BCUT2D eigenvalue weighted by Gasteiger charge is 2.49. The summed E-state index contributed by atoms with van der Waals surface area (Å²) in [5, 5.41) is 0. The van der Waals surface area contributed by atoms with Crippen LogP contribution < -0.4 is 5.56 Å². The van der Waals surface area contributed by atoms with Gasteiger partial charge in [-0.25, -0.2) is 8.42 Å². The fourth-order valence-corrected chi connectivity index (χ4v) is 5.77. The first kappa shape index (κ1) is 18.6. The first-order valence-corrected chi connectivity index (χ1v) is 10.6. The van der Waals surface area contributed by atoms with Crippen molar-refractivity contribution >= 4 is 21.7 Å². The monoisotopic (exact) mass is 381 g/mol. The van der Waals surface area contributed by atoms with E-state index in [2.05, 4.69) is 0 Å². The SMILES string of the molecule is CCC(=O)N1CCN(C(=O)c2ccn(CC)c(=O)c2)[C@H]2CS(=O)(=O)C[C@H]21. The minimum Gasteiger partial charge on any atom is -0.335 e. The van der Waals surface area contributed by atoms with Crippen molar-refractivity contribution in [3.05, 3.63) is 34.2 Å². The van der Waals surface area contributed by atoms with Crippen LogP contribution in [-0.4, -0.2) is 71.3 Å². The van der Waals surface area contributed by atoms with Crippen molar-refractivity contribution in [1.29, 1.82) is 0 Å². The second-order valence-corrected chi connectivity index (χ2v) is 8.84. The highest BCUT2D eigenvalue weighted by Crippen LogP contribution is 2.28. The molecule has 2 atom stereocenters. The van der Waals surface area contributed by atoms with E-state index in [1.165, 1.54) is 15.5 Å². The molecule has 1 aromatic heterocycles.